The predicted octanol–water partition coefficient (Wildman–Crippen LogP) is 2.18. The van der Waals surface area contributed by atoms with Gasteiger partial charge >= 0.3 is 0 Å². The normalized spacial score (nSPS) is 21.5. The molecule has 32 heavy (non-hydrogen) atoms. The number of hydrogen-bond acceptors (Lipinski definition) is 6. The lowest BCUT2D eigenvalue weighted by Crippen LogP contribution is -2.34. The molecule has 3 amide bonds. The van der Waals surface area contributed by atoms with Crippen LogP contribution < -0.4 is 10.6 Å². The van der Waals surface area contributed by atoms with Crippen LogP contribution in [0.2, 0.25) is 0 Å². The molecule has 2 aliphatic carbocycles. The molecule has 3 N–H and O–H groups in total. The number of amides is 3. The molecule has 2 unspecified atom stereocenters. The molecule has 7 nitrogen and oxygen atoms in total. The van der Waals surface area contributed by atoms with Gasteiger partial charge in [0.05, 0.1) is 18.0 Å². The summed E-state index contributed by atoms with van der Waals surface area (Å²) in [5.41, 5.74) is 5.07. The molecule has 1 aromatic carbocycles. The fraction of sp³-hybridized carbons (Fsp3) is 0.458. The first-order valence-electron chi connectivity index (χ1n) is 11.1. The van der Waals surface area contributed by atoms with E-state index in [0.29, 0.717) is 12.3 Å². The molecule has 4 rings (SSSR count). The highest BCUT2D eigenvalue weighted by molar-refractivity contribution is 7.99. The molecule has 1 aromatic rings. The van der Waals surface area contributed by atoms with Crippen LogP contribution in [0.4, 0.5) is 0 Å². The number of aliphatic hydroxyl groups excluding tert-OH is 1. The van der Waals surface area contributed by atoms with Gasteiger partial charge in [0, 0.05) is 43.0 Å². The molecule has 1 aliphatic heterocycles. The average molecular weight is 456 g/mol. The van der Waals surface area contributed by atoms with Crippen molar-refractivity contribution in [2.45, 2.75) is 50.7 Å². The van der Waals surface area contributed by atoms with Crippen LogP contribution in [-0.2, 0) is 20.8 Å². The largest absolute Gasteiger partial charge is 0.390 e. The third kappa shape index (κ3) is 5.24. The van der Waals surface area contributed by atoms with Gasteiger partial charge in [-0.15, -0.1) is 11.8 Å². The van der Waals surface area contributed by atoms with Crippen molar-refractivity contribution in [2.24, 2.45) is 0 Å². The van der Waals surface area contributed by atoms with E-state index in [1.54, 1.807) is 11.8 Å². The van der Waals surface area contributed by atoms with Crippen LogP contribution in [0, 0.1) is 0 Å². The summed E-state index contributed by atoms with van der Waals surface area (Å²) in [6.45, 7) is 0.104. The summed E-state index contributed by atoms with van der Waals surface area (Å²) in [6, 6.07) is 8.15. The SMILES string of the molecule is O=C(CCN1C(=O)C=CC1=O)NCSCCC(NC1c2ccccc2CC1O)=C1CCC1. The lowest BCUT2D eigenvalue weighted by atomic mass is 9.89. The van der Waals surface area contributed by atoms with E-state index < -0.39 is 6.10 Å². The molecule has 0 saturated heterocycles. The second kappa shape index (κ2) is 10.4. The maximum Gasteiger partial charge on any atom is 0.253 e. The number of hydrogen-bond donors (Lipinski definition) is 3. The van der Waals surface area contributed by atoms with Gasteiger partial charge in [0.2, 0.25) is 5.91 Å². The Morgan fingerprint density at radius 3 is 2.59 bits per heavy atom. The zero-order chi connectivity index (χ0) is 22.5. The van der Waals surface area contributed by atoms with Crippen LogP contribution >= 0.6 is 11.8 Å². The Bertz CT molecular complexity index is 934. The van der Waals surface area contributed by atoms with Crippen molar-refractivity contribution in [1.29, 1.82) is 0 Å². The van der Waals surface area contributed by atoms with Crippen molar-refractivity contribution < 1.29 is 19.5 Å². The number of nitrogens with zero attached hydrogens (tertiary/aromatic N) is 1. The molecule has 170 valence electrons. The molecular weight excluding hydrogens is 426 g/mol. The molecule has 0 aromatic heterocycles. The van der Waals surface area contributed by atoms with Crippen molar-refractivity contribution in [3.05, 3.63) is 58.8 Å². The van der Waals surface area contributed by atoms with Gasteiger partial charge in [0.25, 0.3) is 11.8 Å². The van der Waals surface area contributed by atoms with Crippen molar-refractivity contribution in [1.82, 2.24) is 15.5 Å². The first-order valence-corrected chi connectivity index (χ1v) is 12.3. The van der Waals surface area contributed by atoms with Crippen LogP contribution in [0.3, 0.4) is 0 Å². The summed E-state index contributed by atoms with van der Waals surface area (Å²) in [4.78, 5) is 36.1. The molecule has 0 spiro atoms. The number of rotatable bonds is 10. The van der Waals surface area contributed by atoms with Gasteiger partial charge in [-0.1, -0.05) is 29.8 Å². The first kappa shape index (κ1) is 22.6. The minimum absolute atomic E-state index is 0.0653. The lowest BCUT2D eigenvalue weighted by Gasteiger charge is -2.28. The third-order valence-electron chi connectivity index (χ3n) is 6.25. The quantitative estimate of drug-likeness (QED) is 0.284. The van der Waals surface area contributed by atoms with E-state index in [9.17, 15) is 19.5 Å². The minimum Gasteiger partial charge on any atom is -0.390 e. The van der Waals surface area contributed by atoms with Gasteiger partial charge in [-0.25, -0.2) is 0 Å². The number of carbonyl (C=O) groups is 3. The highest BCUT2D eigenvalue weighted by Crippen LogP contribution is 2.35. The van der Waals surface area contributed by atoms with E-state index in [-0.39, 0.29) is 36.7 Å². The Labute approximate surface area is 192 Å². The highest BCUT2D eigenvalue weighted by Gasteiger charge is 2.31. The van der Waals surface area contributed by atoms with E-state index in [2.05, 4.69) is 22.8 Å². The smallest absolute Gasteiger partial charge is 0.253 e. The topological polar surface area (TPSA) is 98.7 Å². The van der Waals surface area contributed by atoms with E-state index in [1.165, 1.54) is 41.0 Å². The molecule has 3 aliphatic rings. The summed E-state index contributed by atoms with van der Waals surface area (Å²) in [5, 5.41) is 17.1. The van der Waals surface area contributed by atoms with Gasteiger partial charge in [-0.3, -0.25) is 19.3 Å². The van der Waals surface area contributed by atoms with Crippen molar-refractivity contribution in [2.75, 3.05) is 18.2 Å². The first-order chi connectivity index (χ1) is 15.5. The molecule has 2 atom stereocenters. The lowest BCUT2D eigenvalue weighted by molar-refractivity contribution is -0.137. The second-order valence-electron chi connectivity index (χ2n) is 8.34. The zero-order valence-corrected chi connectivity index (χ0v) is 18.8. The molecule has 8 heteroatoms. The molecule has 0 bridgehead atoms. The molecule has 1 fully saturated rings. The monoisotopic (exact) mass is 455 g/mol. The van der Waals surface area contributed by atoms with E-state index in [0.717, 1.165) is 29.9 Å². The maximum absolute atomic E-state index is 12.0. The Balaban J connectivity index is 1.20. The number of fused-ring (bicyclic) bond motifs is 1. The van der Waals surface area contributed by atoms with Gasteiger partial charge < -0.3 is 15.7 Å². The van der Waals surface area contributed by atoms with Crippen molar-refractivity contribution >= 4 is 29.5 Å². The fourth-order valence-corrected chi connectivity index (χ4v) is 5.03. The van der Waals surface area contributed by atoms with E-state index >= 15 is 0 Å². The number of benzene rings is 1. The van der Waals surface area contributed by atoms with Gasteiger partial charge in [0.1, 0.15) is 0 Å². The van der Waals surface area contributed by atoms with Crippen LogP contribution in [0.1, 0.15) is 49.3 Å². The maximum atomic E-state index is 12.0. The molecule has 1 heterocycles. The van der Waals surface area contributed by atoms with Gasteiger partial charge in [-0.2, -0.15) is 0 Å². The number of aliphatic hydroxyl groups is 1. The summed E-state index contributed by atoms with van der Waals surface area (Å²) in [5.74, 6) is 0.430. The highest BCUT2D eigenvalue weighted by atomic mass is 32.2. The Kier molecular flexibility index (Phi) is 7.32. The third-order valence-corrected chi connectivity index (χ3v) is 7.09. The minimum atomic E-state index is -0.417. The fourth-order valence-electron chi connectivity index (χ4n) is 4.27. The Morgan fingerprint density at radius 2 is 1.88 bits per heavy atom. The number of imide groups is 1. The summed E-state index contributed by atoms with van der Waals surface area (Å²) < 4.78 is 0. The number of thioether (sulfide) groups is 1. The van der Waals surface area contributed by atoms with Crippen molar-refractivity contribution in [3.63, 3.8) is 0 Å². The Morgan fingerprint density at radius 1 is 1.12 bits per heavy atom. The van der Waals surface area contributed by atoms with Crippen LogP contribution in [0.15, 0.2) is 47.7 Å². The average Bonchev–Trinajstić information content (AvgIpc) is 3.23. The zero-order valence-electron chi connectivity index (χ0n) is 18.0. The summed E-state index contributed by atoms with van der Waals surface area (Å²) in [6.07, 6.45) is 7.11. The van der Waals surface area contributed by atoms with Crippen LogP contribution in [0.25, 0.3) is 0 Å². The van der Waals surface area contributed by atoms with Crippen LogP contribution in [0.5, 0.6) is 0 Å². The molecule has 1 saturated carbocycles. The van der Waals surface area contributed by atoms with Crippen molar-refractivity contribution in [3.8, 4) is 0 Å². The summed E-state index contributed by atoms with van der Waals surface area (Å²) in [7, 11) is 0. The molecular formula is C24H29N3O4S. The van der Waals surface area contributed by atoms with E-state index in [4.69, 9.17) is 0 Å². The van der Waals surface area contributed by atoms with E-state index in [1.807, 2.05) is 12.1 Å². The van der Waals surface area contributed by atoms with Gasteiger partial charge in [-0.05, 0) is 36.8 Å². The predicted molar refractivity (Wildman–Crippen MR) is 123 cm³/mol. The number of nitrogens with one attached hydrogen (secondary N) is 2. The summed E-state index contributed by atoms with van der Waals surface area (Å²) >= 11 is 1.64. The standard InChI is InChI=1S/C24H29N3O4S/c28-20-14-17-4-1-2-7-18(17)24(20)26-19(16-5-3-6-16)11-13-32-15-25-21(29)10-12-27-22(30)8-9-23(27)31/h1-2,4,7-9,20,24,26,28H,3,5-6,10-15H2,(H,25,29). The number of allylic oxidation sites excluding steroid dienone is 2. The molecule has 0 radical (unpaired) electrons. The second-order valence-corrected chi connectivity index (χ2v) is 9.45. The van der Waals surface area contributed by atoms with Gasteiger partial charge in [0.15, 0.2) is 0 Å². The Hall–Kier alpha value is -2.58. The van der Waals surface area contributed by atoms with Crippen LogP contribution in [-0.4, -0.2) is 52.0 Å². The number of carbonyl (C=O) groups excluding carboxylic acids is 3.